The number of thiophene rings is 1. The van der Waals surface area contributed by atoms with Gasteiger partial charge in [-0.1, -0.05) is 6.07 Å². The van der Waals surface area contributed by atoms with E-state index in [0.717, 1.165) is 5.39 Å². The van der Waals surface area contributed by atoms with E-state index in [1.54, 1.807) is 6.07 Å². The van der Waals surface area contributed by atoms with Crippen LogP contribution in [0.15, 0.2) is 23.6 Å². The molecule has 49 valence electrons. The van der Waals surface area contributed by atoms with Gasteiger partial charge in [-0.25, -0.2) is 4.39 Å². The minimum Gasteiger partial charge on any atom is -0.205 e. The van der Waals surface area contributed by atoms with Crippen LogP contribution in [-0.4, -0.2) is 0 Å². The summed E-state index contributed by atoms with van der Waals surface area (Å²) >= 11 is 1.41. The number of hydrogen-bond acceptors (Lipinski definition) is 1. The lowest BCUT2D eigenvalue weighted by Crippen LogP contribution is -1.69. The van der Waals surface area contributed by atoms with E-state index in [9.17, 15) is 4.39 Å². The lowest BCUT2D eigenvalue weighted by atomic mass is 10.3. The Balaban J connectivity index is 2.95. The summed E-state index contributed by atoms with van der Waals surface area (Å²) in [5.74, 6) is -0.149. The summed E-state index contributed by atoms with van der Waals surface area (Å²) in [7, 11) is 0. The highest BCUT2D eigenvalue weighted by atomic mass is 32.1. The molecule has 2 aromatic rings. The largest absolute Gasteiger partial charge is 0.205 e. The molecule has 0 aliphatic heterocycles. The second kappa shape index (κ2) is 2.06. The van der Waals surface area contributed by atoms with Crippen molar-refractivity contribution < 1.29 is 4.39 Å². The van der Waals surface area contributed by atoms with Crippen molar-refractivity contribution in [3.63, 3.8) is 0 Å². The molecule has 0 spiro atoms. The molecule has 1 heterocycles. The quantitative estimate of drug-likeness (QED) is 0.543. The molecule has 2 heteroatoms. The first-order valence-electron chi connectivity index (χ1n) is 2.91. The van der Waals surface area contributed by atoms with Gasteiger partial charge in [0.2, 0.25) is 0 Å². The van der Waals surface area contributed by atoms with Crippen molar-refractivity contribution in [1.29, 1.82) is 0 Å². The average molecular weight is 151 g/mol. The summed E-state index contributed by atoms with van der Waals surface area (Å²) in [5, 5.41) is 2.73. The van der Waals surface area contributed by atoms with Crippen LogP contribution < -0.4 is 0 Å². The SMILES string of the molecule is Fc1cc[c]c2ccsc12. The highest BCUT2D eigenvalue weighted by Crippen LogP contribution is 2.22. The molecule has 0 amide bonds. The van der Waals surface area contributed by atoms with Gasteiger partial charge in [0, 0.05) is 5.39 Å². The smallest absolute Gasteiger partial charge is 0.141 e. The summed E-state index contributed by atoms with van der Waals surface area (Å²) < 4.78 is 13.5. The number of rotatable bonds is 0. The molecule has 0 N–H and O–H groups in total. The maximum Gasteiger partial charge on any atom is 0.141 e. The Morgan fingerprint density at radius 3 is 3.10 bits per heavy atom. The van der Waals surface area contributed by atoms with Crippen LogP contribution in [0.1, 0.15) is 0 Å². The molecule has 1 aromatic heterocycles. The van der Waals surface area contributed by atoms with Gasteiger partial charge in [-0.3, -0.25) is 0 Å². The standard InChI is InChI=1S/C8H4FS/c9-7-3-1-2-6-4-5-10-8(6)7/h1,3-5H. The van der Waals surface area contributed by atoms with E-state index in [1.807, 2.05) is 11.4 Å². The van der Waals surface area contributed by atoms with Crippen molar-refractivity contribution in [3.05, 3.63) is 35.5 Å². The minimum atomic E-state index is -0.149. The molecule has 10 heavy (non-hydrogen) atoms. The van der Waals surface area contributed by atoms with Crippen molar-refractivity contribution in [2.45, 2.75) is 0 Å². The van der Waals surface area contributed by atoms with Crippen LogP contribution in [0.2, 0.25) is 0 Å². The topological polar surface area (TPSA) is 0 Å². The molecule has 1 aromatic carbocycles. The van der Waals surface area contributed by atoms with E-state index in [1.165, 1.54) is 17.4 Å². The van der Waals surface area contributed by atoms with Crippen LogP contribution in [0.25, 0.3) is 10.1 Å². The molecule has 0 atom stereocenters. The van der Waals surface area contributed by atoms with Gasteiger partial charge in [-0.15, -0.1) is 11.3 Å². The first-order chi connectivity index (χ1) is 4.88. The van der Waals surface area contributed by atoms with Gasteiger partial charge >= 0.3 is 0 Å². The fourth-order valence-electron chi connectivity index (χ4n) is 0.888. The lowest BCUT2D eigenvalue weighted by Gasteiger charge is -1.87. The maximum absolute atomic E-state index is 12.8. The van der Waals surface area contributed by atoms with E-state index in [4.69, 9.17) is 0 Å². The molecular weight excluding hydrogens is 147 g/mol. The molecule has 0 aliphatic rings. The second-order valence-electron chi connectivity index (χ2n) is 1.99. The molecule has 1 radical (unpaired) electrons. The van der Waals surface area contributed by atoms with Crippen LogP contribution in [0, 0.1) is 11.9 Å². The Hall–Kier alpha value is -0.890. The predicted molar refractivity (Wildman–Crippen MR) is 40.6 cm³/mol. The molecular formula is C8H4FS. The van der Waals surface area contributed by atoms with E-state index in [0.29, 0.717) is 4.70 Å². The Bertz CT molecular complexity index is 351. The summed E-state index contributed by atoms with van der Waals surface area (Å²) in [6.45, 7) is 0. The van der Waals surface area contributed by atoms with Gasteiger partial charge in [0.15, 0.2) is 0 Å². The number of benzene rings is 1. The molecule has 0 saturated heterocycles. The van der Waals surface area contributed by atoms with Crippen molar-refractivity contribution in [2.24, 2.45) is 0 Å². The third-order valence-electron chi connectivity index (χ3n) is 1.35. The van der Waals surface area contributed by atoms with Crippen molar-refractivity contribution in [1.82, 2.24) is 0 Å². The predicted octanol–water partition coefficient (Wildman–Crippen LogP) is 2.84. The van der Waals surface area contributed by atoms with Gasteiger partial charge in [-0.05, 0) is 23.6 Å². The van der Waals surface area contributed by atoms with E-state index in [-0.39, 0.29) is 5.82 Å². The van der Waals surface area contributed by atoms with Gasteiger partial charge < -0.3 is 0 Å². The Morgan fingerprint density at radius 2 is 2.30 bits per heavy atom. The third-order valence-corrected chi connectivity index (χ3v) is 2.27. The molecule has 0 aliphatic carbocycles. The number of hydrogen-bond donors (Lipinski definition) is 0. The third kappa shape index (κ3) is 0.727. The Labute approximate surface area is 61.9 Å². The summed E-state index contributed by atoms with van der Waals surface area (Å²) in [4.78, 5) is 0. The van der Waals surface area contributed by atoms with Crippen LogP contribution in [-0.2, 0) is 0 Å². The maximum atomic E-state index is 12.8. The van der Waals surface area contributed by atoms with E-state index < -0.39 is 0 Å². The van der Waals surface area contributed by atoms with Crippen molar-refractivity contribution in [2.75, 3.05) is 0 Å². The first kappa shape index (κ1) is 5.86. The van der Waals surface area contributed by atoms with Gasteiger partial charge in [0.1, 0.15) is 5.82 Å². The normalized spacial score (nSPS) is 10.5. The zero-order valence-electron chi connectivity index (χ0n) is 5.10. The van der Waals surface area contributed by atoms with Gasteiger partial charge in [0.05, 0.1) is 4.70 Å². The van der Waals surface area contributed by atoms with Gasteiger partial charge in [-0.2, -0.15) is 0 Å². The highest BCUT2D eigenvalue weighted by Gasteiger charge is 1.98. The fourth-order valence-corrected chi connectivity index (χ4v) is 1.66. The summed E-state index contributed by atoms with van der Waals surface area (Å²) in [5.41, 5.74) is 0. The van der Waals surface area contributed by atoms with Crippen LogP contribution in [0.4, 0.5) is 4.39 Å². The zero-order chi connectivity index (χ0) is 6.97. The first-order valence-corrected chi connectivity index (χ1v) is 3.79. The molecule has 0 bridgehead atoms. The zero-order valence-corrected chi connectivity index (χ0v) is 5.91. The molecule has 0 fully saturated rings. The van der Waals surface area contributed by atoms with Crippen molar-refractivity contribution in [3.8, 4) is 0 Å². The average Bonchev–Trinajstić information content (AvgIpc) is 2.36. The molecule has 0 unspecified atom stereocenters. The number of fused-ring (bicyclic) bond motifs is 1. The van der Waals surface area contributed by atoms with Crippen molar-refractivity contribution >= 4 is 21.4 Å². The van der Waals surface area contributed by atoms with Crippen LogP contribution in [0.5, 0.6) is 0 Å². The van der Waals surface area contributed by atoms with Crippen LogP contribution >= 0.6 is 11.3 Å². The minimum absolute atomic E-state index is 0.149. The monoisotopic (exact) mass is 151 g/mol. The van der Waals surface area contributed by atoms with E-state index >= 15 is 0 Å². The molecule has 0 saturated carbocycles. The van der Waals surface area contributed by atoms with E-state index in [2.05, 4.69) is 6.07 Å². The Morgan fingerprint density at radius 1 is 1.40 bits per heavy atom. The Kier molecular flexibility index (Phi) is 1.21. The lowest BCUT2D eigenvalue weighted by molar-refractivity contribution is 0.641. The highest BCUT2D eigenvalue weighted by molar-refractivity contribution is 7.17. The number of halogens is 1. The summed E-state index contributed by atoms with van der Waals surface area (Å²) in [6, 6.07) is 7.84. The summed E-state index contributed by atoms with van der Waals surface area (Å²) in [6.07, 6.45) is 0. The fraction of sp³-hybridized carbons (Fsp3) is 0. The molecule has 0 nitrogen and oxygen atoms in total. The second-order valence-corrected chi connectivity index (χ2v) is 2.91. The molecule has 2 rings (SSSR count). The van der Waals surface area contributed by atoms with Crippen LogP contribution in [0.3, 0.4) is 0 Å². The van der Waals surface area contributed by atoms with Gasteiger partial charge in [0.25, 0.3) is 0 Å².